The third-order valence-corrected chi connectivity index (χ3v) is 10.4. The van der Waals surface area contributed by atoms with Gasteiger partial charge in [-0.3, -0.25) is 9.59 Å². The quantitative estimate of drug-likeness (QED) is 0.458. The van der Waals surface area contributed by atoms with Crippen molar-refractivity contribution in [3.05, 3.63) is 70.3 Å². The van der Waals surface area contributed by atoms with Crippen molar-refractivity contribution in [2.24, 2.45) is 11.8 Å². The van der Waals surface area contributed by atoms with Crippen molar-refractivity contribution in [1.82, 2.24) is 4.72 Å². The molecule has 7 nitrogen and oxygen atoms in total. The van der Waals surface area contributed by atoms with Crippen LogP contribution in [0.4, 0.5) is 5.69 Å². The molecule has 0 saturated heterocycles. The van der Waals surface area contributed by atoms with Crippen molar-refractivity contribution in [3.8, 4) is 5.75 Å². The van der Waals surface area contributed by atoms with Crippen LogP contribution in [0.5, 0.6) is 5.75 Å². The number of nitrogens with one attached hydrogen (secondary N) is 1. The number of benzene rings is 2. The van der Waals surface area contributed by atoms with Gasteiger partial charge in [0.15, 0.2) is 0 Å². The molecule has 0 radical (unpaired) electrons. The molecule has 2 aliphatic carbocycles. The maximum absolute atomic E-state index is 13.1. The molecule has 3 atom stereocenters. The molecular weight excluding hydrogens is 536 g/mol. The standard InChI is InChI=1S/C30H33ClN2O5S/c31-23-9-11-25-20(15-23)5-4-13-30(25)18-33-17-22-7-10-24(22)27(34)6-2-1-3-14-39(36,37)32-29(35)21-8-12-28(38-19-30)26(33)16-21/h1-2,8-9,11-12,15-16,22,24H,3-7,10,13-14,17-19H2,(H,32,35)/b2-1-/t22-,24+,30-/m0/s1. The molecule has 0 aromatic heterocycles. The molecule has 9 heteroatoms. The molecule has 1 saturated carbocycles. The number of sulfonamides is 1. The zero-order chi connectivity index (χ0) is 27.2. The average Bonchev–Trinajstić information content (AvgIpc) is 3.02. The number of ether oxygens (including phenoxy) is 1. The highest BCUT2D eigenvalue weighted by Crippen LogP contribution is 2.46. The van der Waals surface area contributed by atoms with Crippen LogP contribution in [0.25, 0.3) is 0 Å². The summed E-state index contributed by atoms with van der Waals surface area (Å²) in [4.78, 5) is 28.4. The van der Waals surface area contributed by atoms with E-state index in [2.05, 4.69) is 21.8 Å². The maximum atomic E-state index is 13.1. The number of hydrogen-bond donors (Lipinski definition) is 1. The van der Waals surface area contributed by atoms with Crippen LogP contribution in [0.2, 0.25) is 5.02 Å². The molecular formula is C30H33ClN2O5S. The lowest BCUT2D eigenvalue weighted by Crippen LogP contribution is -2.49. The molecule has 2 bridgehead atoms. The molecule has 2 heterocycles. The van der Waals surface area contributed by atoms with Gasteiger partial charge in [-0.2, -0.15) is 0 Å². The lowest BCUT2D eigenvalue weighted by molar-refractivity contribution is -0.126. The summed E-state index contributed by atoms with van der Waals surface area (Å²) in [5.41, 5.74) is 3.25. The van der Waals surface area contributed by atoms with Gasteiger partial charge >= 0.3 is 0 Å². The summed E-state index contributed by atoms with van der Waals surface area (Å²) in [6.45, 7) is 1.84. The van der Waals surface area contributed by atoms with Gasteiger partial charge in [-0.1, -0.05) is 29.8 Å². The Morgan fingerprint density at radius 2 is 1.95 bits per heavy atom. The predicted octanol–water partition coefficient (Wildman–Crippen LogP) is 4.82. The highest BCUT2D eigenvalue weighted by atomic mass is 35.5. The van der Waals surface area contributed by atoms with Crippen LogP contribution < -0.4 is 14.4 Å². The Balaban J connectivity index is 1.42. The molecule has 1 spiro atoms. The summed E-state index contributed by atoms with van der Waals surface area (Å²) in [5.74, 6) is 0.201. The van der Waals surface area contributed by atoms with Crippen molar-refractivity contribution >= 4 is 39.0 Å². The Morgan fingerprint density at radius 3 is 2.77 bits per heavy atom. The average molecular weight is 569 g/mol. The van der Waals surface area contributed by atoms with Crippen LogP contribution in [0.15, 0.2) is 48.6 Å². The first-order valence-corrected chi connectivity index (χ1v) is 15.8. The first kappa shape index (κ1) is 26.4. The molecule has 6 rings (SSSR count). The Morgan fingerprint density at radius 1 is 1.08 bits per heavy atom. The Hall–Kier alpha value is -2.84. The lowest BCUT2D eigenvalue weighted by Gasteiger charge is -2.44. The number of anilines is 1. The van der Waals surface area contributed by atoms with Crippen LogP contribution in [0, 0.1) is 11.8 Å². The number of Topliss-reactive ketones (excluding diaryl/α,β-unsaturated/α-hetero) is 1. The normalized spacial score (nSPS) is 29.2. The number of nitrogens with zero attached hydrogens (tertiary/aromatic N) is 1. The Kier molecular flexibility index (Phi) is 6.96. The molecule has 2 aromatic carbocycles. The number of fused-ring (bicyclic) bond motifs is 4. The number of rotatable bonds is 0. The van der Waals surface area contributed by atoms with Crippen LogP contribution in [-0.2, 0) is 26.7 Å². The van der Waals surface area contributed by atoms with E-state index in [4.69, 9.17) is 16.3 Å². The van der Waals surface area contributed by atoms with Gasteiger partial charge in [0.1, 0.15) is 11.5 Å². The van der Waals surface area contributed by atoms with Crippen molar-refractivity contribution in [2.75, 3.05) is 30.3 Å². The fraction of sp³-hybridized carbons (Fsp3) is 0.467. The highest BCUT2D eigenvalue weighted by Gasteiger charge is 2.44. The number of hydrogen-bond acceptors (Lipinski definition) is 6. The van der Waals surface area contributed by atoms with E-state index in [0.717, 1.165) is 42.8 Å². The van der Waals surface area contributed by atoms with Crippen LogP contribution in [-0.4, -0.2) is 45.6 Å². The molecule has 1 amide bonds. The SMILES string of the molecule is O=C1NS(=O)(=O)CC/C=C\CC(=O)[C@@H]2CC[C@H]2CN2C[C@@]3(CCCc4cc(Cl)ccc43)COc3ccc1cc32. The summed E-state index contributed by atoms with van der Waals surface area (Å²) in [7, 11) is -3.82. The summed E-state index contributed by atoms with van der Waals surface area (Å²) in [6, 6.07) is 11.2. The van der Waals surface area contributed by atoms with Crippen molar-refractivity contribution in [1.29, 1.82) is 0 Å². The minimum absolute atomic E-state index is 0.0150. The summed E-state index contributed by atoms with van der Waals surface area (Å²) in [6.07, 6.45) is 8.81. The molecule has 0 unspecified atom stereocenters. The van der Waals surface area contributed by atoms with Gasteiger partial charge in [0.25, 0.3) is 5.91 Å². The number of carbonyl (C=O) groups is 2. The van der Waals surface area contributed by atoms with E-state index in [1.54, 1.807) is 30.4 Å². The fourth-order valence-electron chi connectivity index (χ4n) is 6.69. The number of aryl methyl sites for hydroxylation is 1. The van der Waals surface area contributed by atoms with Gasteiger partial charge in [0, 0.05) is 41.4 Å². The molecule has 4 aliphatic rings. The monoisotopic (exact) mass is 568 g/mol. The molecule has 2 aliphatic heterocycles. The largest absolute Gasteiger partial charge is 0.490 e. The number of amides is 1. The molecule has 2 aromatic rings. The van der Waals surface area contributed by atoms with E-state index in [-0.39, 0.29) is 40.8 Å². The second-order valence-corrected chi connectivity index (χ2v) is 13.7. The lowest BCUT2D eigenvalue weighted by atomic mass is 9.68. The first-order valence-electron chi connectivity index (χ1n) is 13.8. The number of halogens is 1. The third kappa shape index (κ3) is 5.21. The number of carbonyl (C=O) groups excluding carboxylic acids is 2. The van der Waals surface area contributed by atoms with Crippen molar-refractivity contribution < 1.29 is 22.7 Å². The van der Waals surface area contributed by atoms with Crippen molar-refractivity contribution in [3.63, 3.8) is 0 Å². The topological polar surface area (TPSA) is 92.8 Å². The summed E-state index contributed by atoms with van der Waals surface area (Å²) in [5, 5.41) is 0.726. The zero-order valence-electron chi connectivity index (χ0n) is 21.8. The second kappa shape index (κ2) is 10.3. The zero-order valence-corrected chi connectivity index (χ0v) is 23.4. The minimum atomic E-state index is -3.82. The van der Waals surface area contributed by atoms with E-state index in [1.165, 1.54) is 11.1 Å². The second-order valence-electron chi connectivity index (χ2n) is 11.4. The number of allylic oxidation sites excluding steroid dienone is 2. The Bertz CT molecular complexity index is 1460. The third-order valence-electron chi connectivity index (χ3n) is 8.87. The molecule has 206 valence electrons. The fourth-order valence-corrected chi connectivity index (χ4v) is 7.84. The summed E-state index contributed by atoms with van der Waals surface area (Å²) >= 11 is 6.35. The van der Waals surface area contributed by atoms with Gasteiger partial charge in [0.05, 0.1) is 18.0 Å². The van der Waals surface area contributed by atoms with E-state index >= 15 is 0 Å². The molecule has 1 fully saturated rings. The van der Waals surface area contributed by atoms with Gasteiger partial charge < -0.3 is 9.64 Å². The van der Waals surface area contributed by atoms with Gasteiger partial charge in [-0.25, -0.2) is 13.1 Å². The maximum Gasteiger partial charge on any atom is 0.264 e. The van der Waals surface area contributed by atoms with Crippen LogP contribution in [0.1, 0.15) is 60.0 Å². The van der Waals surface area contributed by atoms with E-state index in [1.807, 2.05) is 6.07 Å². The van der Waals surface area contributed by atoms with Gasteiger partial charge in [-0.15, -0.1) is 0 Å². The van der Waals surface area contributed by atoms with Gasteiger partial charge in [-0.05, 0) is 85.9 Å². The molecule has 1 N–H and O–H groups in total. The number of ketones is 1. The minimum Gasteiger partial charge on any atom is -0.490 e. The van der Waals surface area contributed by atoms with E-state index in [9.17, 15) is 18.0 Å². The van der Waals surface area contributed by atoms with Crippen LogP contribution >= 0.6 is 11.6 Å². The van der Waals surface area contributed by atoms with Crippen LogP contribution in [0.3, 0.4) is 0 Å². The highest BCUT2D eigenvalue weighted by molar-refractivity contribution is 7.90. The van der Waals surface area contributed by atoms with Gasteiger partial charge in [0.2, 0.25) is 10.0 Å². The Labute approximate surface area is 234 Å². The summed E-state index contributed by atoms with van der Waals surface area (Å²) < 4.78 is 33.8. The predicted molar refractivity (Wildman–Crippen MR) is 151 cm³/mol. The van der Waals surface area contributed by atoms with E-state index in [0.29, 0.717) is 31.9 Å². The molecule has 39 heavy (non-hydrogen) atoms. The van der Waals surface area contributed by atoms with Crippen molar-refractivity contribution in [2.45, 2.75) is 50.4 Å². The first-order chi connectivity index (χ1) is 18.7. The van der Waals surface area contributed by atoms with E-state index < -0.39 is 15.9 Å². The smallest absolute Gasteiger partial charge is 0.264 e.